The molecule has 0 heterocycles. The van der Waals surface area contributed by atoms with Gasteiger partial charge in [0, 0.05) is 0 Å². The van der Waals surface area contributed by atoms with E-state index in [0.717, 1.165) is 5.56 Å². The van der Waals surface area contributed by atoms with Crippen LogP contribution >= 0.6 is 0 Å². The summed E-state index contributed by atoms with van der Waals surface area (Å²) < 4.78 is 32.9. The highest BCUT2D eigenvalue weighted by atomic mass is 32.2. The minimum atomic E-state index is -3.78. The van der Waals surface area contributed by atoms with Crippen LogP contribution in [-0.4, -0.2) is 21.0 Å². The van der Waals surface area contributed by atoms with Gasteiger partial charge < -0.3 is 4.74 Å². The van der Waals surface area contributed by atoms with Gasteiger partial charge in [0.05, 0.1) is 29.3 Å². The van der Waals surface area contributed by atoms with E-state index in [1.54, 1.807) is 61.5 Å². The average molecular weight is 395 g/mol. The minimum absolute atomic E-state index is 0.177. The Balaban J connectivity index is 2.00. The summed E-state index contributed by atoms with van der Waals surface area (Å²) in [4.78, 5) is 12.1. The number of ether oxygens (including phenoxy) is 1. The van der Waals surface area contributed by atoms with Gasteiger partial charge in [0.25, 0.3) is 10.0 Å². The Morgan fingerprint density at radius 1 is 0.857 bits per heavy atom. The third kappa shape index (κ3) is 4.40. The van der Waals surface area contributed by atoms with Crippen molar-refractivity contribution in [1.82, 2.24) is 0 Å². The summed E-state index contributed by atoms with van der Waals surface area (Å²) in [5, 5.41) is 0. The van der Waals surface area contributed by atoms with Crippen LogP contribution in [0.25, 0.3) is 0 Å². The quantitative estimate of drug-likeness (QED) is 0.561. The summed E-state index contributed by atoms with van der Waals surface area (Å²) in [7, 11) is -3.78. The largest absolute Gasteiger partial charge is 0.462 e. The average Bonchev–Trinajstić information content (AvgIpc) is 2.73. The molecule has 0 spiro atoms. The lowest BCUT2D eigenvalue weighted by molar-refractivity contribution is 0.0526. The number of hydrogen-bond donors (Lipinski definition) is 0. The van der Waals surface area contributed by atoms with Crippen molar-refractivity contribution in [2.75, 3.05) is 10.9 Å². The Labute approximate surface area is 165 Å². The maximum absolute atomic E-state index is 13.3. The van der Waals surface area contributed by atoms with Gasteiger partial charge >= 0.3 is 5.97 Å². The second-order valence-electron chi connectivity index (χ2n) is 6.08. The molecule has 5 nitrogen and oxygen atoms in total. The van der Waals surface area contributed by atoms with Crippen molar-refractivity contribution in [3.05, 3.63) is 96.1 Å². The van der Waals surface area contributed by atoms with E-state index in [2.05, 4.69) is 0 Å². The molecule has 0 aromatic heterocycles. The molecule has 0 bridgehead atoms. The first-order valence-electron chi connectivity index (χ1n) is 8.91. The van der Waals surface area contributed by atoms with E-state index in [1.807, 2.05) is 30.3 Å². The van der Waals surface area contributed by atoms with E-state index in [1.165, 1.54) is 4.31 Å². The molecule has 0 N–H and O–H groups in total. The SMILES string of the molecule is CCOC(=O)c1ccc(N(Cc2ccccc2)S(=O)(=O)c2ccccc2)cc1. The minimum Gasteiger partial charge on any atom is -0.462 e. The summed E-state index contributed by atoms with van der Waals surface area (Å²) in [6, 6.07) is 24.1. The molecule has 0 amide bonds. The lowest BCUT2D eigenvalue weighted by atomic mass is 10.2. The standard InChI is InChI=1S/C22H21NO4S/c1-2-27-22(24)19-13-15-20(16-14-19)23(17-18-9-5-3-6-10-18)28(25,26)21-11-7-4-8-12-21/h3-16H,2,17H2,1H3. The Bertz CT molecular complexity index is 1020. The molecule has 3 aromatic carbocycles. The van der Waals surface area contributed by atoms with Crippen LogP contribution in [0.2, 0.25) is 0 Å². The summed E-state index contributed by atoms with van der Waals surface area (Å²) in [6.07, 6.45) is 0. The van der Waals surface area contributed by atoms with Gasteiger partial charge in [0.1, 0.15) is 0 Å². The fourth-order valence-electron chi connectivity index (χ4n) is 2.76. The zero-order valence-electron chi connectivity index (χ0n) is 15.5. The highest BCUT2D eigenvalue weighted by molar-refractivity contribution is 7.92. The highest BCUT2D eigenvalue weighted by Gasteiger charge is 2.25. The van der Waals surface area contributed by atoms with E-state index in [4.69, 9.17) is 4.74 Å². The Morgan fingerprint density at radius 2 is 1.43 bits per heavy atom. The number of esters is 1. The summed E-state index contributed by atoms with van der Waals surface area (Å²) in [5.74, 6) is -0.436. The van der Waals surface area contributed by atoms with E-state index >= 15 is 0 Å². The van der Waals surface area contributed by atoms with Crippen molar-refractivity contribution < 1.29 is 17.9 Å². The second kappa shape index (κ2) is 8.71. The van der Waals surface area contributed by atoms with Gasteiger partial charge in [-0.05, 0) is 48.9 Å². The lowest BCUT2D eigenvalue weighted by Gasteiger charge is -2.25. The molecule has 3 rings (SSSR count). The summed E-state index contributed by atoms with van der Waals surface area (Å²) >= 11 is 0. The van der Waals surface area contributed by atoms with Gasteiger partial charge in [0.2, 0.25) is 0 Å². The van der Waals surface area contributed by atoms with Crippen LogP contribution < -0.4 is 4.31 Å². The smallest absolute Gasteiger partial charge is 0.338 e. The topological polar surface area (TPSA) is 63.7 Å². The van der Waals surface area contributed by atoms with Crippen molar-refractivity contribution in [3.8, 4) is 0 Å². The third-order valence-corrected chi connectivity index (χ3v) is 5.95. The number of anilines is 1. The Hall–Kier alpha value is -3.12. The van der Waals surface area contributed by atoms with Crippen molar-refractivity contribution in [3.63, 3.8) is 0 Å². The molecule has 0 aliphatic rings. The fourth-order valence-corrected chi connectivity index (χ4v) is 4.24. The van der Waals surface area contributed by atoms with E-state index in [0.29, 0.717) is 11.3 Å². The molecule has 0 fully saturated rings. The van der Waals surface area contributed by atoms with Crippen LogP contribution in [0, 0.1) is 0 Å². The van der Waals surface area contributed by atoms with Crippen LogP contribution in [0.4, 0.5) is 5.69 Å². The fraction of sp³-hybridized carbons (Fsp3) is 0.136. The molecule has 0 unspecified atom stereocenters. The number of sulfonamides is 1. The molecule has 28 heavy (non-hydrogen) atoms. The Morgan fingerprint density at radius 3 is 2.00 bits per heavy atom. The highest BCUT2D eigenvalue weighted by Crippen LogP contribution is 2.26. The zero-order chi connectivity index (χ0) is 20.0. The van der Waals surface area contributed by atoms with Gasteiger partial charge in [-0.1, -0.05) is 48.5 Å². The molecule has 0 radical (unpaired) electrons. The molecule has 6 heteroatoms. The monoisotopic (exact) mass is 395 g/mol. The van der Waals surface area contributed by atoms with Gasteiger partial charge in [-0.15, -0.1) is 0 Å². The van der Waals surface area contributed by atoms with E-state index in [9.17, 15) is 13.2 Å². The first-order valence-corrected chi connectivity index (χ1v) is 10.4. The van der Waals surface area contributed by atoms with E-state index < -0.39 is 16.0 Å². The molecule has 0 atom stereocenters. The van der Waals surface area contributed by atoms with Crippen molar-refractivity contribution in [1.29, 1.82) is 0 Å². The number of carbonyl (C=O) groups excluding carboxylic acids is 1. The number of rotatable bonds is 7. The molecular formula is C22H21NO4S. The number of hydrogen-bond acceptors (Lipinski definition) is 4. The van der Waals surface area contributed by atoms with Gasteiger partial charge in [0.15, 0.2) is 0 Å². The molecule has 0 saturated carbocycles. The first-order chi connectivity index (χ1) is 13.5. The maximum atomic E-state index is 13.3. The van der Waals surface area contributed by atoms with Gasteiger partial charge in [-0.3, -0.25) is 4.31 Å². The number of carbonyl (C=O) groups is 1. The van der Waals surface area contributed by atoms with Gasteiger partial charge in [-0.25, -0.2) is 13.2 Å². The van der Waals surface area contributed by atoms with Crippen molar-refractivity contribution >= 4 is 21.7 Å². The van der Waals surface area contributed by atoms with Crippen molar-refractivity contribution in [2.45, 2.75) is 18.4 Å². The molecular weight excluding hydrogens is 374 g/mol. The van der Waals surface area contributed by atoms with Crippen LogP contribution in [0.5, 0.6) is 0 Å². The molecule has 3 aromatic rings. The number of benzene rings is 3. The normalized spacial score (nSPS) is 11.0. The maximum Gasteiger partial charge on any atom is 0.338 e. The van der Waals surface area contributed by atoms with Crippen LogP contribution in [-0.2, 0) is 21.3 Å². The van der Waals surface area contributed by atoms with Crippen molar-refractivity contribution in [2.24, 2.45) is 0 Å². The summed E-state index contributed by atoms with van der Waals surface area (Å²) in [6.45, 7) is 2.19. The first kappa shape index (κ1) is 19.6. The molecule has 0 saturated heterocycles. The molecule has 144 valence electrons. The van der Waals surface area contributed by atoms with E-state index in [-0.39, 0.29) is 18.0 Å². The summed E-state index contributed by atoms with van der Waals surface area (Å²) in [5.41, 5.74) is 1.71. The molecule has 0 aliphatic heterocycles. The molecule has 0 aliphatic carbocycles. The second-order valence-corrected chi connectivity index (χ2v) is 7.94. The number of nitrogens with zero attached hydrogens (tertiary/aromatic N) is 1. The zero-order valence-corrected chi connectivity index (χ0v) is 16.3. The van der Waals surface area contributed by atoms with Crippen LogP contribution in [0.1, 0.15) is 22.8 Å². The third-order valence-electron chi connectivity index (χ3n) is 4.17. The predicted molar refractivity (Wildman–Crippen MR) is 109 cm³/mol. The van der Waals surface area contributed by atoms with Gasteiger partial charge in [-0.2, -0.15) is 0 Å². The predicted octanol–water partition coefficient (Wildman–Crippen LogP) is 4.26. The Kier molecular flexibility index (Phi) is 6.11. The van der Waals surface area contributed by atoms with Crippen LogP contribution in [0.15, 0.2) is 89.8 Å². The lowest BCUT2D eigenvalue weighted by Crippen LogP contribution is -2.30. The van der Waals surface area contributed by atoms with Crippen LogP contribution in [0.3, 0.4) is 0 Å².